The van der Waals surface area contributed by atoms with E-state index in [1.807, 2.05) is 0 Å². The maximum Gasteiger partial charge on any atom is 0.305 e. The minimum atomic E-state index is -1.13. The molecule has 0 atom stereocenters. The van der Waals surface area contributed by atoms with E-state index in [-0.39, 0.29) is 64.9 Å². The van der Waals surface area contributed by atoms with Crippen molar-refractivity contribution in [1.29, 1.82) is 0 Å². The van der Waals surface area contributed by atoms with Crippen molar-refractivity contribution in [3.8, 4) is 0 Å². The molecule has 0 saturated carbocycles. The predicted octanol–water partition coefficient (Wildman–Crippen LogP) is 2.30. The van der Waals surface area contributed by atoms with Crippen LogP contribution in [0.3, 0.4) is 0 Å². The topological polar surface area (TPSA) is 229 Å². The third kappa shape index (κ3) is 31.4. The first-order chi connectivity index (χ1) is 18.9. The molecule has 14 nitrogen and oxygen atoms in total. The number of aliphatic carboxylic acids is 4. The molecule has 0 aliphatic rings. The highest BCUT2D eigenvalue weighted by Crippen LogP contribution is 2.11. The van der Waals surface area contributed by atoms with Gasteiger partial charge in [-0.05, 0) is 12.8 Å². The van der Waals surface area contributed by atoms with Crippen LogP contribution in [-0.4, -0.2) is 103 Å². The van der Waals surface area contributed by atoms with E-state index < -0.39 is 29.4 Å². The number of carboxylic acid groups (broad SMARTS) is 4. The van der Waals surface area contributed by atoms with Crippen LogP contribution in [0.1, 0.15) is 83.5 Å². The Hall–Kier alpha value is -2.81. The minimum absolute atomic E-state index is 0.0431. The number of hydrogen-bond acceptors (Lipinski definition) is 10. The van der Waals surface area contributed by atoms with Gasteiger partial charge in [0.25, 0.3) is 0 Å². The molecule has 0 spiro atoms. The van der Waals surface area contributed by atoms with Crippen LogP contribution < -0.4 is 5.73 Å². The summed E-state index contributed by atoms with van der Waals surface area (Å²) in [5, 5.41) is 34.0. The van der Waals surface area contributed by atoms with Gasteiger partial charge in [-0.25, -0.2) is 0 Å². The minimum Gasteiger partial charge on any atom is -0.481 e. The maximum absolute atomic E-state index is 10.8. The van der Waals surface area contributed by atoms with Gasteiger partial charge in [0, 0.05) is 12.8 Å². The van der Waals surface area contributed by atoms with Crippen LogP contribution in [-0.2, 0) is 42.9 Å². The highest BCUT2D eigenvalue weighted by molar-refractivity contribution is 5.69. The van der Waals surface area contributed by atoms with Crippen molar-refractivity contribution in [2.45, 2.75) is 89.0 Å². The van der Waals surface area contributed by atoms with Crippen LogP contribution >= 0.6 is 0 Å². The summed E-state index contributed by atoms with van der Waals surface area (Å²) in [6.07, 6.45) is 8.64. The van der Waals surface area contributed by atoms with E-state index >= 15 is 0 Å². The number of ether oxygens (including phenoxy) is 4. The zero-order valence-corrected chi connectivity index (χ0v) is 23.5. The van der Waals surface area contributed by atoms with Crippen LogP contribution in [0.2, 0.25) is 0 Å². The molecule has 234 valence electrons. The van der Waals surface area contributed by atoms with Gasteiger partial charge in [0.05, 0.1) is 71.6 Å². The van der Waals surface area contributed by atoms with Crippen molar-refractivity contribution in [2.24, 2.45) is 5.73 Å². The SMILES string of the molecule is COC(=O)CCCCCCCCCCC(=O)O.NC(COCCC(=O)O)(COCCC(=O)O)COCCC(=O)O. The lowest BCUT2D eigenvalue weighted by atomic mass is 10.1. The highest BCUT2D eigenvalue weighted by Gasteiger charge is 2.27. The first-order valence-corrected chi connectivity index (χ1v) is 13.4. The molecule has 0 rings (SSSR count). The third-order valence-corrected chi connectivity index (χ3v) is 5.30. The van der Waals surface area contributed by atoms with Crippen molar-refractivity contribution in [3.05, 3.63) is 0 Å². The smallest absolute Gasteiger partial charge is 0.305 e. The van der Waals surface area contributed by atoms with Gasteiger partial charge < -0.3 is 45.1 Å². The second-order valence-electron chi connectivity index (χ2n) is 9.25. The summed E-state index contributed by atoms with van der Waals surface area (Å²) in [7, 11) is 1.42. The van der Waals surface area contributed by atoms with Crippen molar-refractivity contribution in [3.63, 3.8) is 0 Å². The first kappa shape index (κ1) is 39.3. The molecule has 0 fully saturated rings. The quantitative estimate of drug-likeness (QED) is 0.0729. The van der Waals surface area contributed by atoms with Crippen molar-refractivity contribution in [1.82, 2.24) is 0 Å². The Balaban J connectivity index is 0. The second-order valence-corrected chi connectivity index (χ2v) is 9.25. The number of carboxylic acids is 4. The second kappa shape index (κ2) is 26.4. The molecule has 0 saturated heterocycles. The van der Waals surface area contributed by atoms with E-state index in [0.29, 0.717) is 12.8 Å². The molecule has 0 bridgehead atoms. The van der Waals surface area contributed by atoms with Crippen LogP contribution in [0.5, 0.6) is 0 Å². The zero-order valence-electron chi connectivity index (χ0n) is 23.5. The van der Waals surface area contributed by atoms with Gasteiger partial charge in [0.15, 0.2) is 0 Å². The summed E-state index contributed by atoms with van der Waals surface area (Å²) in [4.78, 5) is 52.3. The Morgan fingerprint density at radius 3 is 1.12 bits per heavy atom. The van der Waals surface area contributed by atoms with Crippen molar-refractivity contribution in [2.75, 3.05) is 46.8 Å². The lowest BCUT2D eigenvalue weighted by Gasteiger charge is -2.28. The summed E-state index contributed by atoms with van der Waals surface area (Å²) < 4.78 is 20.1. The van der Waals surface area contributed by atoms with E-state index in [4.69, 9.17) is 40.4 Å². The fourth-order valence-electron chi connectivity index (χ4n) is 3.14. The number of methoxy groups -OCH3 is 1. The van der Waals surface area contributed by atoms with Crippen LogP contribution in [0.15, 0.2) is 0 Å². The number of carbonyl (C=O) groups is 5. The summed E-state index contributed by atoms with van der Waals surface area (Å²) in [6, 6.07) is 0. The molecule has 0 amide bonds. The average molecular weight is 582 g/mol. The van der Waals surface area contributed by atoms with Gasteiger partial charge in [0.2, 0.25) is 0 Å². The van der Waals surface area contributed by atoms with E-state index in [9.17, 15) is 24.0 Å². The Labute approximate surface area is 235 Å². The normalized spacial score (nSPS) is 10.8. The number of rotatable bonds is 26. The Morgan fingerprint density at radius 2 is 0.825 bits per heavy atom. The molecule has 0 aromatic rings. The lowest BCUT2D eigenvalue weighted by molar-refractivity contribution is -0.141. The molecule has 6 N–H and O–H groups in total. The Bertz CT molecular complexity index is 660. The molecule has 0 radical (unpaired) electrons. The van der Waals surface area contributed by atoms with Gasteiger partial charge >= 0.3 is 29.8 Å². The fraction of sp³-hybridized carbons (Fsp3) is 0.808. The highest BCUT2D eigenvalue weighted by atomic mass is 16.5. The Morgan fingerprint density at radius 1 is 0.525 bits per heavy atom. The molecule has 0 aliphatic carbocycles. The van der Waals surface area contributed by atoms with E-state index in [0.717, 1.165) is 44.9 Å². The predicted molar refractivity (Wildman–Crippen MR) is 142 cm³/mol. The van der Waals surface area contributed by atoms with Crippen LogP contribution in [0.4, 0.5) is 0 Å². The molecule has 40 heavy (non-hydrogen) atoms. The molecule has 0 aromatic heterocycles. The van der Waals surface area contributed by atoms with E-state index in [2.05, 4.69) is 4.74 Å². The van der Waals surface area contributed by atoms with Crippen LogP contribution in [0.25, 0.3) is 0 Å². The lowest BCUT2D eigenvalue weighted by Crippen LogP contribution is -2.53. The first-order valence-electron chi connectivity index (χ1n) is 13.4. The zero-order chi connectivity index (χ0) is 30.7. The average Bonchev–Trinajstić information content (AvgIpc) is 2.88. The number of unbranched alkanes of at least 4 members (excludes halogenated alkanes) is 7. The third-order valence-electron chi connectivity index (χ3n) is 5.30. The van der Waals surface area contributed by atoms with Crippen LogP contribution in [0, 0.1) is 0 Å². The summed E-state index contributed by atoms with van der Waals surface area (Å²) in [6.45, 7) is -0.336. The van der Waals surface area contributed by atoms with Gasteiger partial charge in [-0.3, -0.25) is 24.0 Å². The van der Waals surface area contributed by atoms with Crippen molar-refractivity contribution >= 4 is 29.8 Å². The van der Waals surface area contributed by atoms with E-state index in [1.54, 1.807) is 0 Å². The standard InChI is InChI=1S/C13H23NO9.C13H24O4/c14-13(7-21-4-1-10(15)16,8-22-5-2-11(17)18)9-23-6-3-12(19)20;1-17-13(16)11-9-7-5-3-2-4-6-8-10-12(14)15/h1-9,14H2,(H,15,16)(H,17,18)(H,19,20);2-11H2,1H3,(H,14,15). The number of esters is 1. The fourth-order valence-corrected chi connectivity index (χ4v) is 3.14. The number of hydrogen-bond donors (Lipinski definition) is 5. The molecular formula is C26H47NO13. The van der Waals surface area contributed by atoms with Gasteiger partial charge in [-0.2, -0.15) is 0 Å². The largest absolute Gasteiger partial charge is 0.481 e. The monoisotopic (exact) mass is 581 g/mol. The summed E-state index contributed by atoms with van der Waals surface area (Å²) >= 11 is 0. The van der Waals surface area contributed by atoms with Gasteiger partial charge in [-0.15, -0.1) is 0 Å². The molecule has 14 heteroatoms. The summed E-state index contributed by atoms with van der Waals surface area (Å²) in [5.41, 5.74) is 4.90. The number of carbonyl (C=O) groups excluding carboxylic acids is 1. The molecule has 0 unspecified atom stereocenters. The molecule has 0 aromatic carbocycles. The van der Waals surface area contributed by atoms with E-state index in [1.165, 1.54) is 13.5 Å². The van der Waals surface area contributed by atoms with Gasteiger partial charge in [0.1, 0.15) is 0 Å². The molecular weight excluding hydrogens is 534 g/mol. The Kier molecular flexibility index (Phi) is 26.0. The molecule has 0 aliphatic heterocycles. The number of nitrogens with two attached hydrogens (primary N) is 1. The van der Waals surface area contributed by atoms with Gasteiger partial charge in [-0.1, -0.05) is 38.5 Å². The van der Waals surface area contributed by atoms with Crippen molar-refractivity contribution < 1.29 is 63.3 Å². The summed E-state index contributed by atoms with van der Waals surface area (Å²) in [5.74, 6) is -3.86. The molecule has 0 heterocycles. The maximum atomic E-state index is 10.8.